The van der Waals surface area contributed by atoms with Gasteiger partial charge in [-0.3, -0.25) is 9.69 Å². The van der Waals surface area contributed by atoms with Crippen LogP contribution in [0.25, 0.3) is 11.0 Å². The summed E-state index contributed by atoms with van der Waals surface area (Å²) in [6.07, 6.45) is 4.06. The van der Waals surface area contributed by atoms with E-state index in [0.29, 0.717) is 30.3 Å². The number of carbonyl (C=O) groups excluding carboxylic acids is 1. The minimum atomic E-state index is -0.499. The van der Waals surface area contributed by atoms with E-state index in [1.165, 1.54) is 5.56 Å². The molecule has 1 aromatic heterocycles. The predicted octanol–water partition coefficient (Wildman–Crippen LogP) is 1.80. The molecule has 3 aromatic rings. The number of nitrogens with two attached hydrogens (primary N) is 3. The van der Waals surface area contributed by atoms with Gasteiger partial charge < -0.3 is 31.8 Å². The van der Waals surface area contributed by atoms with Crippen LogP contribution in [0.4, 0.5) is 17.3 Å². The number of morpholine rings is 1. The zero-order valence-electron chi connectivity index (χ0n) is 18.0. The first-order valence-corrected chi connectivity index (χ1v) is 10.6. The first-order valence-electron chi connectivity index (χ1n) is 10.6. The van der Waals surface area contributed by atoms with Crippen molar-refractivity contribution in [3.05, 3.63) is 59.7 Å². The van der Waals surface area contributed by atoms with Crippen molar-refractivity contribution < 1.29 is 9.53 Å². The molecule has 9 heteroatoms. The van der Waals surface area contributed by atoms with Crippen molar-refractivity contribution >= 4 is 34.3 Å². The Morgan fingerprint density at radius 2 is 1.97 bits per heavy atom. The highest BCUT2D eigenvalue weighted by atomic mass is 16.5. The smallest absolute Gasteiger partial charge is 0.248 e. The average Bonchev–Trinajstić information content (AvgIpc) is 3.11. The fraction of sp³-hybridized carbons (Fsp3) is 0.304. The third-order valence-electron chi connectivity index (χ3n) is 5.58. The molecule has 0 radical (unpaired) electrons. The Balaban J connectivity index is 1.43. The lowest BCUT2D eigenvalue weighted by molar-refractivity contribution is 0.0343. The van der Waals surface area contributed by atoms with Gasteiger partial charge in [0, 0.05) is 38.3 Å². The summed E-state index contributed by atoms with van der Waals surface area (Å²) >= 11 is 0. The second kappa shape index (κ2) is 9.71. The van der Waals surface area contributed by atoms with Gasteiger partial charge in [-0.25, -0.2) is 4.98 Å². The maximum absolute atomic E-state index is 11.2. The molecule has 7 N–H and O–H groups in total. The Hall–Kier alpha value is -3.56. The molecule has 32 heavy (non-hydrogen) atoms. The van der Waals surface area contributed by atoms with Crippen molar-refractivity contribution in [2.45, 2.75) is 13.1 Å². The summed E-state index contributed by atoms with van der Waals surface area (Å²) in [4.78, 5) is 18.2. The Kier molecular flexibility index (Phi) is 6.58. The summed E-state index contributed by atoms with van der Waals surface area (Å²) in [5.41, 5.74) is 22.3. The standard InChI is InChI=1S/C23H29N7O2/c24-18-14-16(22(25)31)6-7-19(18)27-8-1-2-9-30-21-17(15-29-10-12-32-13-11-29)4-3-5-20(21)28-23(30)26/h1-7,14,27H,8-13,15,24H2,(H2,25,31)(H2,26,28)/b2-1+. The van der Waals surface area contributed by atoms with E-state index in [-0.39, 0.29) is 0 Å². The van der Waals surface area contributed by atoms with Gasteiger partial charge in [-0.1, -0.05) is 24.3 Å². The number of carbonyl (C=O) groups is 1. The van der Waals surface area contributed by atoms with E-state index in [1.54, 1.807) is 18.2 Å². The molecule has 1 aliphatic rings. The van der Waals surface area contributed by atoms with E-state index in [2.05, 4.69) is 21.3 Å². The van der Waals surface area contributed by atoms with Crippen LogP contribution in [0.15, 0.2) is 48.6 Å². The van der Waals surface area contributed by atoms with Crippen LogP contribution in [0, 0.1) is 0 Å². The second-order valence-corrected chi connectivity index (χ2v) is 7.77. The molecule has 1 saturated heterocycles. The zero-order chi connectivity index (χ0) is 22.5. The van der Waals surface area contributed by atoms with Gasteiger partial charge in [0.1, 0.15) is 0 Å². The number of hydrogen-bond acceptors (Lipinski definition) is 7. The maximum Gasteiger partial charge on any atom is 0.248 e. The lowest BCUT2D eigenvalue weighted by Gasteiger charge is -2.27. The predicted molar refractivity (Wildman–Crippen MR) is 127 cm³/mol. The van der Waals surface area contributed by atoms with E-state index in [4.69, 9.17) is 21.9 Å². The van der Waals surface area contributed by atoms with Crippen molar-refractivity contribution in [3.63, 3.8) is 0 Å². The third-order valence-corrected chi connectivity index (χ3v) is 5.58. The number of fused-ring (bicyclic) bond motifs is 1. The van der Waals surface area contributed by atoms with Crippen LogP contribution in [0.1, 0.15) is 15.9 Å². The molecule has 4 rings (SSSR count). The number of ether oxygens (including phenoxy) is 1. The number of nitrogens with one attached hydrogen (secondary N) is 1. The summed E-state index contributed by atoms with van der Waals surface area (Å²) in [5, 5.41) is 3.24. The number of nitrogen functional groups attached to an aromatic ring is 2. The number of imidazole rings is 1. The van der Waals surface area contributed by atoms with Gasteiger partial charge in [-0.15, -0.1) is 0 Å². The highest BCUT2D eigenvalue weighted by molar-refractivity contribution is 5.94. The lowest BCUT2D eigenvalue weighted by atomic mass is 10.1. The first-order chi connectivity index (χ1) is 15.5. The highest BCUT2D eigenvalue weighted by Crippen LogP contribution is 2.24. The number of rotatable bonds is 8. The molecular weight excluding hydrogens is 406 g/mol. The summed E-state index contributed by atoms with van der Waals surface area (Å²) in [6.45, 7) is 5.42. The van der Waals surface area contributed by atoms with E-state index in [1.807, 2.05) is 28.9 Å². The Labute approximate surface area is 186 Å². The fourth-order valence-electron chi connectivity index (χ4n) is 3.90. The molecule has 1 amide bonds. The monoisotopic (exact) mass is 435 g/mol. The first kappa shape index (κ1) is 21.7. The van der Waals surface area contributed by atoms with Crippen molar-refractivity contribution in [1.29, 1.82) is 0 Å². The lowest BCUT2D eigenvalue weighted by Crippen LogP contribution is -2.35. The molecule has 0 spiro atoms. The van der Waals surface area contributed by atoms with E-state index >= 15 is 0 Å². The van der Waals surface area contributed by atoms with Crippen molar-refractivity contribution in [2.75, 3.05) is 49.6 Å². The van der Waals surface area contributed by atoms with Crippen molar-refractivity contribution in [1.82, 2.24) is 14.5 Å². The number of hydrogen-bond donors (Lipinski definition) is 4. The van der Waals surface area contributed by atoms with Crippen molar-refractivity contribution in [3.8, 4) is 0 Å². The SMILES string of the molecule is NC(=O)c1ccc(NC/C=C/Cn2c(N)nc3cccc(CN4CCOCC4)c32)c(N)c1. The van der Waals surface area contributed by atoms with Crippen LogP contribution in [0.2, 0.25) is 0 Å². The maximum atomic E-state index is 11.2. The zero-order valence-corrected chi connectivity index (χ0v) is 18.0. The minimum Gasteiger partial charge on any atom is -0.397 e. The molecule has 0 aliphatic carbocycles. The molecule has 0 unspecified atom stereocenters. The van der Waals surface area contributed by atoms with Gasteiger partial charge in [0.2, 0.25) is 11.9 Å². The van der Waals surface area contributed by atoms with Gasteiger partial charge >= 0.3 is 0 Å². The van der Waals surface area contributed by atoms with Gasteiger partial charge in [0.05, 0.1) is 35.6 Å². The van der Waals surface area contributed by atoms with Crippen LogP contribution in [-0.4, -0.2) is 53.2 Å². The number of primary amides is 1. The van der Waals surface area contributed by atoms with Crippen molar-refractivity contribution in [2.24, 2.45) is 5.73 Å². The van der Waals surface area contributed by atoms with Crippen LogP contribution in [0.5, 0.6) is 0 Å². The molecular formula is C23H29N7O2. The quantitative estimate of drug-likeness (QED) is 0.313. The Morgan fingerprint density at radius 1 is 1.16 bits per heavy atom. The van der Waals surface area contributed by atoms with Gasteiger partial charge in [-0.2, -0.15) is 0 Å². The number of nitrogens with zero attached hydrogens (tertiary/aromatic N) is 3. The van der Waals surface area contributed by atoms with E-state index < -0.39 is 5.91 Å². The minimum absolute atomic E-state index is 0.388. The summed E-state index contributed by atoms with van der Waals surface area (Å²) in [7, 11) is 0. The molecule has 2 heterocycles. The van der Waals surface area contributed by atoms with Gasteiger partial charge in [0.15, 0.2) is 0 Å². The topological polar surface area (TPSA) is 137 Å². The highest BCUT2D eigenvalue weighted by Gasteiger charge is 2.16. The third kappa shape index (κ3) is 4.84. The molecule has 0 bridgehead atoms. The van der Waals surface area contributed by atoms with Crippen LogP contribution in [-0.2, 0) is 17.8 Å². The molecule has 1 aliphatic heterocycles. The Morgan fingerprint density at radius 3 is 2.72 bits per heavy atom. The number of benzene rings is 2. The van der Waals surface area contributed by atoms with E-state index in [0.717, 1.165) is 49.6 Å². The van der Waals surface area contributed by atoms with Crippen LogP contribution in [0.3, 0.4) is 0 Å². The summed E-state index contributed by atoms with van der Waals surface area (Å²) in [5.74, 6) is -0.000366. The Bertz CT molecular complexity index is 1130. The number of amides is 1. The molecule has 168 valence electrons. The number of aromatic nitrogens is 2. The normalized spacial score (nSPS) is 14.9. The molecule has 2 aromatic carbocycles. The molecule has 0 atom stereocenters. The number of allylic oxidation sites excluding steroid dienone is 1. The average molecular weight is 436 g/mol. The van der Waals surface area contributed by atoms with Gasteiger partial charge in [-0.05, 0) is 29.8 Å². The molecule has 0 saturated carbocycles. The summed E-state index contributed by atoms with van der Waals surface area (Å²) in [6, 6.07) is 11.1. The molecule has 9 nitrogen and oxygen atoms in total. The van der Waals surface area contributed by atoms with E-state index in [9.17, 15) is 4.79 Å². The number of para-hydroxylation sites is 1. The number of anilines is 3. The summed E-state index contributed by atoms with van der Waals surface area (Å²) < 4.78 is 7.50. The fourth-order valence-corrected chi connectivity index (χ4v) is 3.90. The van der Waals surface area contributed by atoms with Crippen LogP contribution < -0.4 is 22.5 Å². The molecule has 1 fully saturated rings. The van der Waals surface area contributed by atoms with Crippen LogP contribution >= 0.6 is 0 Å². The second-order valence-electron chi connectivity index (χ2n) is 7.77. The largest absolute Gasteiger partial charge is 0.397 e. The van der Waals surface area contributed by atoms with Gasteiger partial charge in [0.25, 0.3) is 0 Å².